The molecule has 0 atom stereocenters. The number of carbonyl (C=O) groups is 1. The molecule has 168 valence electrons. The number of aromatic nitrogens is 2. The molecular formula is C22H16Cl2N4O4S. The van der Waals surface area contributed by atoms with Crippen LogP contribution in [0.5, 0.6) is 0 Å². The van der Waals surface area contributed by atoms with Gasteiger partial charge in [-0.25, -0.2) is 8.42 Å². The molecule has 0 aliphatic heterocycles. The number of sulfonamides is 1. The number of rotatable bonds is 6. The normalized spacial score (nSPS) is 11.2. The summed E-state index contributed by atoms with van der Waals surface area (Å²) in [5.41, 5.74) is 1.19. The summed E-state index contributed by atoms with van der Waals surface area (Å²) in [4.78, 5) is 12.6. The van der Waals surface area contributed by atoms with Crippen LogP contribution in [0.25, 0.3) is 11.5 Å². The first kappa shape index (κ1) is 22.8. The van der Waals surface area contributed by atoms with E-state index in [4.69, 9.17) is 27.6 Å². The van der Waals surface area contributed by atoms with Crippen molar-refractivity contribution < 1.29 is 17.6 Å². The van der Waals surface area contributed by atoms with Gasteiger partial charge in [0.15, 0.2) is 0 Å². The number of nitrogens with zero attached hydrogens (tertiary/aromatic N) is 3. The van der Waals surface area contributed by atoms with Crippen LogP contribution in [0.2, 0.25) is 10.0 Å². The van der Waals surface area contributed by atoms with E-state index in [-0.39, 0.29) is 22.4 Å². The van der Waals surface area contributed by atoms with Crippen LogP contribution in [0.4, 0.5) is 11.7 Å². The highest BCUT2D eigenvalue weighted by Gasteiger charge is 2.22. The fraction of sp³-hybridized carbons (Fsp3) is 0.0455. The Kier molecular flexibility index (Phi) is 6.37. The lowest BCUT2D eigenvalue weighted by Crippen LogP contribution is -2.26. The molecule has 1 aromatic heterocycles. The van der Waals surface area contributed by atoms with Crippen molar-refractivity contribution in [3.8, 4) is 11.5 Å². The Hall–Kier alpha value is -3.40. The van der Waals surface area contributed by atoms with E-state index in [1.165, 1.54) is 41.7 Å². The van der Waals surface area contributed by atoms with Crippen LogP contribution in [0.15, 0.2) is 82.1 Å². The van der Waals surface area contributed by atoms with Crippen LogP contribution >= 0.6 is 23.2 Å². The molecule has 11 heteroatoms. The quantitative estimate of drug-likeness (QED) is 0.392. The predicted molar refractivity (Wildman–Crippen MR) is 126 cm³/mol. The molecular weight excluding hydrogens is 487 g/mol. The van der Waals surface area contributed by atoms with E-state index in [1.54, 1.807) is 42.5 Å². The minimum atomic E-state index is -3.79. The Labute approximate surface area is 199 Å². The van der Waals surface area contributed by atoms with Crippen molar-refractivity contribution in [2.45, 2.75) is 4.90 Å². The molecule has 1 N–H and O–H groups in total. The first-order chi connectivity index (χ1) is 15.8. The summed E-state index contributed by atoms with van der Waals surface area (Å²) in [6.07, 6.45) is 0. The van der Waals surface area contributed by atoms with Crippen molar-refractivity contribution in [3.63, 3.8) is 0 Å². The molecule has 0 unspecified atom stereocenters. The Morgan fingerprint density at radius 1 is 0.970 bits per heavy atom. The highest BCUT2D eigenvalue weighted by atomic mass is 35.5. The van der Waals surface area contributed by atoms with Crippen LogP contribution in [0.3, 0.4) is 0 Å². The molecule has 3 aromatic carbocycles. The summed E-state index contributed by atoms with van der Waals surface area (Å²) >= 11 is 12.0. The number of nitrogens with one attached hydrogen (secondary N) is 1. The minimum Gasteiger partial charge on any atom is -0.403 e. The summed E-state index contributed by atoms with van der Waals surface area (Å²) in [5, 5.41) is 10.9. The zero-order chi connectivity index (χ0) is 23.6. The molecule has 4 rings (SSSR count). The first-order valence-electron chi connectivity index (χ1n) is 9.50. The second-order valence-corrected chi connectivity index (χ2v) is 9.64. The monoisotopic (exact) mass is 502 g/mol. The molecule has 0 radical (unpaired) electrons. The molecule has 1 heterocycles. The lowest BCUT2D eigenvalue weighted by atomic mass is 10.2. The summed E-state index contributed by atoms with van der Waals surface area (Å²) in [6, 6.07) is 18.8. The van der Waals surface area contributed by atoms with Gasteiger partial charge in [-0.2, -0.15) is 0 Å². The number of carbonyl (C=O) groups excluding carboxylic acids is 1. The van der Waals surface area contributed by atoms with Crippen molar-refractivity contribution in [3.05, 3.63) is 88.4 Å². The molecule has 1 amide bonds. The molecule has 0 bridgehead atoms. The van der Waals surface area contributed by atoms with E-state index in [1.807, 2.05) is 0 Å². The van der Waals surface area contributed by atoms with Crippen LogP contribution in [0.1, 0.15) is 10.4 Å². The third kappa shape index (κ3) is 4.85. The maximum Gasteiger partial charge on any atom is 0.322 e. The van der Waals surface area contributed by atoms with Crippen LogP contribution in [0, 0.1) is 0 Å². The Balaban J connectivity index is 1.48. The Morgan fingerprint density at radius 3 is 2.33 bits per heavy atom. The first-order valence-corrected chi connectivity index (χ1v) is 11.7. The molecule has 0 saturated heterocycles. The van der Waals surface area contributed by atoms with Gasteiger partial charge in [0.2, 0.25) is 0 Å². The van der Waals surface area contributed by atoms with Gasteiger partial charge in [0.1, 0.15) is 0 Å². The Morgan fingerprint density at radius 2 is 1.67 bits per heavy atom. The lowest BCUT2D eigenvalue weighted by molar-refractivity contribution is 0.102. The van der Waals surface area contributed by atoms with Gasteiger partial charge < -0.3 is 4.42 Å². The molecule has 0 fully saturated rings. The van der Waals surface area contributed by atoms with Crippen LogP contribution in [-0.4, -0.2) is 31.6 Å². The van der Waals surface area contributed by atoms with Crippen LogP contribution < -0.4 is 9.62 Å². The van der Waals surface area contributed by atoms with Gasteiger partial charge in [0.25, 0.3) is 21.8 Å². The molecule has 0 saturated carbocycles. The van der Waals surface area contributed by atoms with Gasteiger partial charge in [-0.05, 0) is 54.6 Å². The number of anilines is 2. The molecule has 0 spiro atoms. The topological polar surface area (TPSA) is 105 Å². The van der Waals surface area contributed by atoms with Gasteiger partial charge in [-0.15, -0.1) is 5.10 Å². The average molecular weight is 503 g/mol. The fourth-order valence-electron chi connectivity index (χ4n) is 2.93. The van der Waals surface area contributed by atoms with Crippen molar-refractivity contribution in [2.24, 2.45) is 0 Å². The molecule has 33 heavy (non-hydrogen) atoms. The summed E-state index contributed by atoms with van der Waals surface area (Å²) < 4.78 is 32.4. The van der Waals surface area contributed by atoms with E-state index in [9.17, 15) is 13.2 Å². The molecule has 8 nitrogen and oxygen atoms in total. The van der Waals surface area contributed by atoms with Gasteiger partial charge in [0, 0.05) is 17.6 Å². The highest BCUT2D eigenvalue weighted by molar-refractivity contribution is 7.92. The number of amides is 1. The number of hydrogen-bond donors (Lipinski definition) is 1. The summed E-state index contributed by atoms with van der Waals surface area (Å²) in [5.74, 6) is -0.440. The fourth-order valence-corrected chi connectivity index (χ4v) is 4.61. The smallest absolute Gasteiger partial charge is 0.322 e. The maximum absolute atomic E-state index is 12.9. The molecule has 0 aliphatic rings. The van der Waals surface area contributed by atoms with E-state index < -0.39 is 15.9 Å². The number of para-hydroxylation sites is 1. The number of hydrogen-bond acceptors (Lipinski definition) is 6. The van der Waals surface area contributed by atoms with E-state index in [0.29, 0.717) is 21.3 Å². The summed E-state index contributed by atoms with van der Waals surface area (Å²) in [7, 11) is -2.33. The standard InChI is InChI=1S/C22H16Cl2N4O4S/c1-28(16-5-3-2-4-6-16)33(30,31)17-10-7-14(8-11-17)20(29)25-22-27-26-21(32-22)18-12-9-15(23)13-19(18)24/h2-13H,1H3,(H,25,27,29). The average Bonchev–Trinajstić information content (AvgIpc) is 3.27. The van der Waals surface area contributed by atoms with Crippen molar-refractivity contribution in [1.82, 2.24) is 10.2 Å². The van der Waals surface area contributed by atoms with Gasteiger partial charge in [0.05, 0.1) is 21.2 Å². The zero-order valence-corrected chi connectivity index (χ0v) is 19.4. The summed E-state index contributed by atoms with van der Waals surface area (Å²) in [6.45, 7) is 0. The maximum atomic E-state index is 12.9. The van der Waals surface area contributed by atoms with E-state index in [2.05, 4.69) is 15.5 Å². The highest BCUT2D eigenvalue weighted by Crippen LogP contribution is 2.30. The second kappa shape index (κ2) is 9.22. The van der Waals surface area contributed by atoms with Gasteiger partial charge >= 0.3 is 6.01 Å². The largest absolute Gasteiger partial charge is 0.403 e. The Bertz CT molecular complexity index is 1410. The SMILES string of the molecule is CN(c1ccccc1)S(=O)(=O)c1ccc(C(=O)Nc2nnc(-c3ccc(Cl)cc3Cl)o2)cc1. The number of benzene rings is 3. The van der Waals surface area contributed by atoms with Gasteiger partial charge in [-0.3, -0.25) is 14.4 Å². The van der Waals surface area contributed by atoms with Gasteiger partial charge in [-0.1, -0.05) is 46.5 Å². The molecule has 4 aromatic rings. The minimum absolute atomic E-state index is 0.0443. The van der Waals surface area contributed by atoms with Crippen molar-refractivity contribution in [2.75, 3.05) is 16.7 Å². The van der Waals surface area contributed by atoms with E-state index in [0.717, 1.165) is 0 Å². The second-order valence-electron chi connectivity index (χ2n) is 6.82. The third-order valence-corrected chi connectivity index (χ3v) is 7.05. The van der Waals surface area contributed by atoms with Crippen LogP contribution in [-0.2, 0) is 10.0 Å². The third-order valence-electron chi connectivity index (χ3n) is 4.70. The zero-order valence-electron chi connectivity index (χ0n) is 17.1. The van der Waals surface area contributed by atoms with E-state index >= 15 is 0 Å². The molecule has 0 aliphatic carbocycles. The number of halogens is 2. The lowest BCUT2D eigenvalue weighted by Gasteiger charge is -2.19. The van der Waals surface area contributed by atoms with Crippen molar-refractivity contribution >= 4 is 50.8 Å². The predicted octanol–water partition coefficient (Wildman–Crippen LogP) is 5.12. The van der Waals surface area contributed by atoms with Crippen molar-refractivity contribution in [1.29, 1.82) is 0 Å².